The maximum atomic E-state index is 6.20. The second kappa shape index (κ2) is 5.49. The molecule has 2 unspecified atom stereocenters. The molecule has 4 heteroatoms. The lowest BCUT2D eigenvalue weighted by Gasteiger charge is -2.32. The first-order valence-electron chi connectivity index (χ1n) is 7.23. The van der Waals surface area contributed by atoms with Gasteiger partial charge in [0, 0.05) is 5.92 Å². The van der Waals surface area contributed by atoms with Gasteiger partial charge in [0.1, 0.15) is 10.8 Å². The van der Waals surface area contributed by atoms with Gasteiger partial charge in [-0.1, -0.05) is 54.8 Å². The van der Waals surface area contributed by atoms with E-state index in [9.17, 15) is 0 Å². The maximum Gasteiger partial charge on any atom is 0.141 e. The number of hydrogen-bond acceptors (Lipinski definition) is 2. The standard InChI is InChI=1S/C16H20ClN3/c1-11-15(17)16(18)20(19-11)14-10-6-5-9-13(14)12-7-3-2-4-8-12/h2-4,7-8,13-14H,5-6,9-10,18H2,1H3. The Morgan fingerprint density at radius 3 is 2.55 bits per heavy atom. The summed E-state index contributed by atoms with van der Waals surface area (Å²) in [7, 11) is 0. The Morgan fingerprint density at radius 1 is 1.20 bits per heavy atom. The van der Waals surface area contributed by atoms with Gasteiger partial charge in [0.25, 0.3) is 0 Å². The average Bonchev–Trinajstić information content (AvgIpc) is 2.76. The van der Waals surface area contributed by atoms with Crippen LogP contribution in [0, 0.1) is 6.92 Å². The maximum absolute atomic E-state index is 6.20. The Hall–Kier alpha value is -1.48. The minimum atomic E-state index is 0.317. The third-order valence-electron chi connectivity index (χ3n) is 4.32. The number of nitrogen functional groups attached to an aromatic ring is 1. The highest BCUT2D eigenvalue weighted by atomic mass is 35.5. The van der Waals surface area contributed by atoms with E-state index in [1.54, 1.807) is 0 Å². The van der Waals surface area contributed by atoms with Gasteiger partial charge in [-0.25, -0.2) is 4.68 Å². The Kier molecular flexibility index (Phi) is 3.70. The van der Waals surface area contributed by atoms with Crippen molar-refractivity contribution in [2.75, 3.05) is 5.73 Å². The van der Waals surface area contributed by atoms with Crippen molar-refractivity contribution < 1.29 is 0 Å². The molecule has 0 saturated heterocycles. The molecule has 1 aliphatic carbocycles. The predicted octanol–water partition coefficient (Wildman–Crippen LogP) is 4.33. The number of aryl methyl sites for hydroxylation is 1. The molecule has 1 heterocycles. The van der Waals surface area contributed by atoms with Gasteiger partial charge in [0.15, 0.2) is 0 Å². The SMILES string of the molecule is Cc1nn(C2CCCCC2c2ccccc2)c(N)c1Cl. The fourth-order valence-electron chi connectivity index (χ4n) is 3.29. The first kappa shape index (κ1) is 13.5. The van der Waals surface area contributed by atoms with Crippen LogP contribution in [0.3, 0.4) is 0 Å². The molecule has 3 nitrogen and oxygen atoms in total. The molecule has 20 heavy (non-hydrogen) atoms. The van der Waals surface area contributed by atoms with E-state index < -0.39 is 0 Å². The van der Waals surface area contributed by atoms with E-state index in [1.165, 1.54) is 24.8 Å². The van der Waals surface area contributed by atoms with Gasteiger partial charge in [-0.2, -0.15) is 5.10 Å². The lowest BCUT2D eigenvalue weighted by Crippen LogP contribution is -2.24. The highest BCUT2D eigenvalue weighted by molar-refractivity contribution is 6.33. The Bertz CT molecular complexity index is 591. The number of aromatic nitrogens is 2. The minimum Gasteiger partial charge on any atom is -0.383 e. The van der Waals surface area contributed by atoms with E-state index in [4.69, 9.17) is 17.3 Å². The van der Waals surface area contributed by atoms with Crippen molar-refractivity contribution in [2.24, 2.45) is 0 Å². The number of rotatable bonds is 2. The van der Waals surface area contributed by atoms with Crippen molar-refractivity contribution in [3.05, 3.63) is 46.6 Å². The summed E-state index contributed by atoms with van der Waals surface area (Å²) in [5.41, 5.74) is 8.34. The van der Waals surface area contributed by atoms with Gasteiger partial charge in [-0.05, 0) is 25.3 Å². The monoisotopic (exact) mass is 289 g/mol. The van der Waals surface area contributed by atoms with E-state index in [1.807, 2.05) is 11.6 Å². The summed E-state index contributed by atoms with van der Waals surface area (Å²) in [5.74, 6) is 1.08. The molecule has 3 rings (SSSR count). The van der Waals surface area contributed by atoms with Crippen molar-refractivity contribution in [1.82, 2.24) is 9.78 Å². The van der Waals surface area contributed by atoms with Crippen molar-refractivity contribution in [3.63, 3.8) is 0 Å². The molecule has 0 aliphatic heterocycles. The summed E-state index contributed by atoms with van der Waals surface area (Å²) < 4.78 is 1.95. The number of halogens is 1. The molecule has 2 atom stereocenters. The average molecular weight is 290 g/mol. The van der Waals surface area contributed by atoms with Crippen LogP contribution >= 0.6 is 11.6 Å². The van der Waals surface area contributed by atoms with Crippen LogP contribution in [0.2, 0.25) is 5.02 Å². The normalized spacial score (nSPS) is 22.9. The van der Waals surface area contributed by atoms with E-state index in [2.05, 4.69) is 35.4 Å². The summed E-state index contributed by atoms with van der Waals surface area (Å²) in [6, 6.07) is 11.0. The van der Waals surface area contributed by atoms with Gasteiger partial charge in [-0.15, -0.1) is 0 Å². The van der Waals surface area contributed by atoms with Gasteiger partial charge in [-0.3, -0.25) is 0 Å². The van der Waals surface area contributed by atoms with E-state index in [0.717, 1.165) is 12.1 Å². The summed E-state index contributed by atoms with van der Waals surface area (Å²) in [4.78, 5) is 0. The molecular weight excluding hydrogens is 270 g/mol. The number of nitrogens with zero attached hydrogens (tertiary/aromatic N) is 2. The van der Waals surface area contributed by atoms with E-state index >= 15 is 0 Å². The zero-order valence-corrected chi connectivity index (χ0v) is 12.5. The number of anilines is 1. The van der Waals surface area contributed by atoms with Gasteiger partial charge in [0.2, 0.25) is 0 Å². The van der Waals surface area contributed by atoms with Crippen LogP contribution in [0.5, 0.6) is 0 Å². The molecule has 2 N–H and O–H groups in total. The third kappa shape index (κ3) is 2.31. The predicted molar refractivity (Wildman–Crippen MR) is 83.1 cm³/mol. The van der Waals surface area contributed by atoms with Crippen LogP contribution < -0.4 is 5.73 Å². The van der Waals surface area contributed by atoms with Gasteiger partial charge in [0.05, 0.1) is 11.7 Å². The molecule has 0 amide bonds. The van der Waals surface area contributed by atoms with Crippen molar-refractivity contribution >= 4 is 17.4 Å². The second-order valence-corrected chi connectivity index (χ2v) is 5.98. The molecule has 0 bridgehead atoms. The molecule has 1 aromatic heterocycles. The second-order valence-electron chi connectivity index (χ2n) is 5.60. The van der Waals surface area contributed by atoms with E-state index in [-0.39, 0.29) is 0 Å². The van der Waals surface area contributed by atoms with Crippen LogP contribution in [0.1, 0.15) is 48.9 Å². The van der Waals surface area contributed by atoms with Crippen LogP contribution in [0.25, 0.3) is 0 Å². The smallest absolute Gasteiger partial charge is 0.141 e. The lowest BCUT2D eigenvalue weighted by atomic mass is 9.80. The Labute approximate surface area is 124 Å². The largest absolute Gasteiger partial charge is 0.383 e. The minimum absolute atomic E-state index is 0.317. The molecule has 0 radical (unpaired) electrons. The van der Waals surface area contributed by atoms with Crippen LogP contribution in [-0.2, 0) is 0 Å². The van der Waals surface area contributed by atoms with Crippen LogP contribution in [0.15, 0.2) is 30.3 Å². The van der Waals surface area contributed by atoms with Crippen LogP contribution in [0.4, 0.5) is 5.82 Å². The first-order valence-corrected chi connectivity index (χ1v) is 7.61. The quantitative estimate of drug-likeness (QED) is 0.894. The molecule has 0 spiro atoms. The fraction of sp³-hybridized carbons (Fsp3) is 0.438. The molecule has 1 aromatic carbocycles. The fourth-order valence-corrected chi connectivity index (χ4v) is 3.42. The van der Waals surface area contributed by atoms with Gasteiger partial charge < -0.3 is 5.73 Å². The summed E-state index contributed by atoms with van der Waals surface area (Å²) in [5, 5.41) is 5.17. The third-order valence-corrected chi connectivity index (χ3v) is 4.79. The van der Waals surface area contributed by atoms with E-state index in [0.29, 0.717) is 22.8 Å². The van der Waals surface area contributed by atoms with Gasteiger partial charge >= 0.3 is 0 Å². The van der Waals surface area contributed by atoms with Crippen molar-refractivity contribution in [3.8, 4) is 0 Å². The number of nitrogens with two attached hydrogens (primary N) is 1. The summed E-state index contributed by atoms with van der Waals surface area (Å²) in [6.07, 6.45) is 4.79. The molecule has 1 fully saturated rings. The summed E-state index contributed by atoms with van der Waals surface area (Å²) in [6.45, 7) is 1.91. The molecule has 1 aliphatic rings. The lowest BCUT2D eigenvalue weighted by molar-refractivity contribution is 0.288. The Morgan fingerprint density at radius 2 is 1.90 bits per heavy atom. The highest BCUT2D eigenvalue weighted by Crippen LogP contribution is 2.42. The topological polar surface area (TPSA) is 43.8 Å². The van der Waals surface area contributed by atoms with Crippen molar-refractivity contribution in [2.45, 2.75) is 44.6 Å². The molecule has 2 aromatic rings. The van der Waals surface area contributed by atoms with Crippen molar-refractivity contribution in [1.29, 1.82) is 0 Å². The number of hydrogen-bond donors (Lipinski definition) is 1. The molecular formula is C16H20ClN3. The zero-order valence-electron chi connectivity index (χ0n) is 11.7. The first-order chi connectivity index (χ1) is 9.68. The zero-order chi connectivity index (χ0) is 14.1. The molecule has 1 saturated carbocycles. The highest BCUT2D eigenvalue weighted by Gasteiger charge is 2.30. The van der Waals surface area contributed by atoms with Crippen LogP contribution in [-0.4, -0.2) is 9.78 Å². The Balaban J connectivity index is 1.99. The molecule has 106 valence electrons. The number of benzene rings is 1. The summed E-state index contributed by atoms with van der Waals surface area (Å²) >= 11 is 6.20.